The van der Waals surface area contributed by atoms with E-state index < -0.39 is 0 Å². The summed E-state index contributed by atoms with van der Waals surface area (Å²) < 4.78 is 0. The van der Waals surface area contributed by atoms with E-state index in [1.165, 1.54) is 0 Å². The van der Waals surface area contributed by atoms with Crippen LogP contribution >= 0.6 is 11.8 Å². The van der Waals surface area contributed by atoms with Crippen molar-refractivity contribution in [3.05, 3.63) is 10.5 Å². The zero-order valence-electron chi connectivity index (χ0n) is 7.04. The first-order chi connectivity index (χ1) is 5.77. The second-order valence-electron chi connectivity index (χ2n) is 3.11. The number of hydrogen-bond donors (Lipinski definition) is 0. The molecule has 0 amide bonds. The van der Waals surface area contributed by atoms with Crippen LogP contribution in [0.4, 0.5) is 0 Å². The molecule has 0 aromatic carbocycles. The van der Waals surface area contributed by atoms with Crippen molar-refractivity contribution in [2.24, 2.45) is 5.92 Å². The molecule has 0 fully saturated rings. The lowest BCUT2D eigenvalue weighted by Gasteiger charge is -2.19. The Balaban J connectivity index is 2.77. The molecule has 0 heterocycles. The molecule has 0 N–H and O–H groups in total. The molecule has 1 unspecified atom stereocenters. The van der Waals surface area contributed by atoms with E-state index in [2.05, 4.69) is 6.92 Å². The van der Waals surface area contributed by atoms with Crippen molar-refractivity contribution in [2.45, 2.75) is 26.2 Å². The maximum absolute atomic E-state index is 10.6. The van der Waals surface area contributed by atoms with Crippen LogP contribution in [0.1, 0.15) is 26.2 Å². The molecule has 2 nitrogen and oxygen atoms in total. The SMILES string of the molecule is CC1CCC(SC#N)=C(C=O)C1. The molecule has 0 aromatic heterocycles. The normalized spacial score (nSPS) is 23.5. The third-order valence-electron chi connectivity index (χ3n) is 2.10. The van der Waals surface area contributed by atoms with Gasteiger partial charge in [-0.3, -0.25) is 4.79 Å². The van der Waals surface area contributed by atoms with Gasteiger partial charge >= 0.3 is 0 Å². The van der Waals surface area contributed by atoms with E-state index in [4.69, 9.17) is 5.26 Å². The average Bonchev–Trinajstić information content (AvgIpc) is 2.08. The van der Waals surface area contributed by atoms with E-state index >= 15 is 0 Å². The molecule has 0 aromatic rings. The molecule has 0 saturated heterocycles. The topological polar surface area (TPSA) is 40.9 Å². The fourth-order valence-electron chi connectivity index (χ4n) is 1.41. The highest BCUT2D eigenvalue weighted by Crippen LogP contribution is 2.34. The lowest BCUT2D eigenvalue weighted by atomic mass is 9.91. The van der Waals surface area contributed by atoms with Gasteiger partial charge in [-0.15, -0.1) is 0 Å². The highest BCUT2D eigenvalue weighted by atomic mass is 32.2. The van der Waals surface area contributed by atoms with E-state index in [9.17, 15) is 4.79 Å². The Kier molecular flexibility index (Phi) is 3.36. The minimum atomic E-state index is 0.591. The highest BCUT2D eigenvalue weighted by molar-refractivity contribution is 8.07. The molecule has 0 saturated carbocycles. The van der Waals surface area contributed by atoms with Gasteiger partial charge in [-0.25, -0.2) is 0 Å². The summed E-state index contributed by atoms with van der Waals surface area (Å²) in [6.45, 7) is 2.14. The zero-order valence-corrected chi connectivity index (χ0v) is 7.86. The molecule has 3 heteroatoms. The largest absolute Gasteiger partial charge is 0.298 e. The monoisotopic (exact) mass is 181 g/mol. The fraction of sp³-hybridized carbons (Fsp3) is 0.556. The van der Waals surface area contributed by atoms with Crippen LogP contribution in [-0.2, 0) is 4.79 Å². The van der Waals surface area contributed by atoms with Gasteiger partial charge in [-0.1, -0.05) is 6.92 Å². The van der Waals surface area contributed by atoms with Crippen LogP contribution in [-0.4, -0.2) is 6.29 Å². The summed E-state index contributed by atoms with van der Waals surface area (Å²) in [7, 11) is 0. The number of allylic oxidation sites excluding steroid dienone is 2. The summed E-state index contributed by atoms with van der Waals surface area (Å²) >= 11 is 1.14. The van der Waals surface area contributed by atoms with E-state index in [1.807, 2.05) is 5.40 Å². The molecule has 1 atom stereocenters. The Labute approximate surface area is 76.6 Å². The van der Waals surface area contributed by atoms with Crippen molar-refractivity contribution in [1.82, 2.24) is 0 Å². The van der Waals surface area contributed by atoms with Gasteiger partial charge in [-0.05, 0) is 36.9 Å². The van der Waals surface area contributed by atoms with Gasteiger partial charge in [0.05, 0.1) is 0 Å². The zero-order chi connectivity index (χ0) is 8.97. The van der Waals surface area contributed by atoms with E-state index in [-0.39, 0.29) is 0 Å². The van der Waals surface area contributed by atoms with Gasteiger partial charge in [0, 0.05) is 10.5 Å². The Morgan fingerprint density at radius 3 is 3.08 bits per heavy atom. The lowest BCUT2D eigenvalue weighted by Crippen LogP contribution is -2.06. The van der Waals surface area contributed by atoms with Gasteiger partial charge in [0.15, 0.2) is 0 Å². The molecule has 0 aliphatic heterocycles. The van der Waals surface area contributed by atoms with Crippen LogP contribution in [0.15, 0.2) is 10.5 Å². The molecule has 0 spiro atoms. The standard InChI is InChI=1S/C9H11NOS/c1-7-2-3-9(12-6-10)8(4-7)5-11/h5,7H,2-4H2,1H3. The predicted octanol–water partition coefficient (Wildman–Crippen LogP) is 2.47. The molecule has 0 radical (unpaired) electrons. The third-order valence-corrected chi connectivity index (χ3v) is 2.91. The maximum atomic E-state index is 10.6. The number of nitrogens with zero attached hydrogens (tertiary/aromatic N) is 1. The van der Waals surface area contributed by atoms with Gasteiger partial charge in [0.25, 0.3) is 0 Å². The fourth-order valence-corrected chi connectivity index (χ4v) is 2.01. The first-order valence-electron chi connectivity index (χ1n) is 4.01. The summed E-state index contributed by atoms with van der Waals surface area (Å²) in [6.07, 6.45) is 3.73. The lowest BCUT2D eigenvalue weighted by molar-refractivity contribution is -0.105. The van der Waals surface area contributed by atoms with Crippen LogP contribution in [0, 0.1) is 16.6 Å². The van der Waals surface area contributed by atoms with Gasteiger partial charge < -0.3 is 0 Å². The molecule has 1 rings (SSSR count). The summed E-state index contributed by atoms with van der Waals surface area (Å²) in [5, 5.41) is 10.5. The number of hydrogen-bond acceptors (Lipinski definition) is 3. The summed E-state index contributed by atoms with van der Waals surface area (Å²) in [4.78, 5) is 11.6. The number of thioether (sulfide) groups is 1. The van der Waals surface area contributed by atoms with Gasteiger partial charge in [0.1, 0.15) is 11.7 Å². The summed E-state index contributed by atoms with van der Waals surface area (Å²) in [5.41, 5.74) is 0.834. The number of rotatable bonds is 2. The Hall–Kier alpha value is -0.750. The summed E-state index contributed by atoms with van der Waals surface area (Å²) in [6, 6.07) is 0. The Morgan fingerprint density at radius 2 is 2.50 bits per heavy atom. The van der Waals surface area contributed by atoms with Crippen LogP contribution in [0.3, 0.4) is 0 Å². The van der Waals surface area contributed by atoms with Gasteiger partial charge in [0.2, 0.25) is 0 Å². The van der Waals surface area contributed by atoms with Crippen molar-refractivity contribution in [3.63, 3.8) is 0 Å². The third kappa shape index (κ3) is 2.12. The molecule has 1 aliphatic rings. The quantitative estimate of drug-likeness (QED) is 0.485. The smallest absolute Gasteiger partial charge is 0.146 e. The molecule has 0 bridgehead atoms. The average molecular weight is 181 g/mol. The van der Waals surface area contributed by atoms with E-state index in [0.717, 1.165) is 47.8 Å². The van der Waals surface area contributed by atoms with Crippen molar-refractivity contribution in [1.29, 1.82) is 5.26 Å². The molecular formula is C9H11NOS. The minimum absolute atomic E-state index is 0.591. The second-order valence-corrected chi connectivity index (χ2v) is 3.99. The van der Waals surface area contributed by atoms with Crippen LogP contribution < -0.4 is 0 Å². The Morgan fingerprint density at radius 1 is 1.75 bits per heavy atom. The molecular weight excluding hydrogens is 170 g/mol. The van der Waals surface area contributed by atoms with Crippen LogP contribution in [0.25, 0.3) is 0 Å². The second kappa shape index (κ2) is 4.32. The molecule has 12 heavy (non-hydrogen) atoms. The highest BCUT2D eigenvalue weighted by Gasteiger charge is 2.17. The number of aldehydes is 1. The van der Waals surface area contributed by atoms with Crippen molar-refractivity contribution in [2.75, 3.05) is 0 Å². The van der Waals surface area contributed by atoms with Gasteiger partial charge in [-0.2, -0.15) is 5.26 Å². The number of nitriles is 1. The minimum Gasteiger partial charge on any atom is -0.298 e. The van der Waals surface area contributed by atoms with Crippen molar-refractivity contribution >= 4 is 18.0 Å². The van der Waals surface area contributed by atoms with Crippen LogP contribution in [0.5, 0.6) is 0 Å². The molecule has 64 valence electrons. The van der Waals surface area contributed by atoms with Crippen molar-refractivity contribution in [3.8, 4) is 5.40 Å². The molecule has 1 aliphatic carbocycles. The maximum Gasteiger partial charge on any atom is 0.146 e. The number of thiocyanates is 1. The number of carbonyl (C=O) groups excluding carboxylic acids is 1. The van der Waals surface area contributed by atoms with E-state index in [1.54, 1.807) is 0 Å². The van der Waals surface area contributed by atoms with Crippen LogP contribution in [0.2, 0.25) is 0 Å². The van der Waals surface area contributed by atoms with E-state index in [0.29, 0.717) is 5.92 Å². The Bertz CT molecular complexity index is 252. The summed E-state index contributed by atoms with van der Waals surface area (Å²) in [5.74, 6) is 0.591. The number of carbonyl (C=O) groups is 1. The first-order valence-corrected chi connectivity index (χ1v) is 4.82. The van der Waals surface area contributed by atoms with Crippen molar-refractivity contribution < 1.29 is 4.79 Å². The predicted molar refractivity (Wildman–Crippen MR) is 49.3 cm³/mol. The first kappa shape index (κ1) is 9.34.